The molecule has 6 nitrogen and oxygen atoms in total. The van der Waals surface area contributed by atoms with Gasteiger partial charge in [-0.25, -0.2) is 5.43 Å². The van der Waals surface area contributed by atoms with Crippen molar-refractivity contribution in [1.29, 1.82) is 0 Å². The van der Waals surface area contributed by atoms with Gasteiger partial charge in [-0.05, 0) is 25.1 Å². The van der Waals surface area contributed by atoms with Gasteiger partial charge in [-0.3, -0.25) is 9.78 Å². The van der Waals surface area contributed by atoms with E-state index < -0.39 is 0 Å². The molecule has 1 amide bonds. The highest BCUT2D eigenvalue weighted by Gasteiger charge is 2.09. The summed E-state index contributed by atoms with van der Waals surface area (Å²) in [7, 11) is 0. The average molecular weight is 320 g/mol. The highest BCUT2D eigenvalue weighted by Crippen LogP contribution is 2.32. The van der Waals surface area contributed by atoms with Crippen molar-refractivity contribution in [1.82, 2.24) is 10.4 Å². The van der Waals surface area contributed by atoms with Crippen molar-refractivity contribution in [2.45, 2.75) is 6.92 Å². The first-order valence-corrected chi connectivity index (χ1v) is 6.88. The molecule has 1 aromatic carbocycles. The largest absolute Gasteiger partial charge is 0.504 e. The lowest BCUT2D eigenvalue weighted by Crippen LogP contribution is -2.17. The maximum absolute atomic E-state index is 11.8. The van der Waals surface area contributed by atoms with E-state index in [1.807, 2.05) is 0 Å². The fourth-order valence-electron chi connectivity index (χ4n) is 1.69. The summed E-state index contributed by atoms with van der Waals surface area (Å²) in [5.74, 6) is -0.213. The number of benzene rings is 1. The number of carbonyl (C=O) groups is 1. The zero-order valence-electron chi connectivity index (χ0n) is 11.8. The summed E-state index contributed by atoms with van der Waals surface area (Å²) >= 11 is 5.95. The molecule has 1 heterocycles. The van der Waals surface area contributed by atoms with Gasteiger partial charge in [0, 0.05) is 34.6 Å². The standard InChI is InChI=1S/C15H14ClN3O3/c1-2-22-13-8-12(16)7-11(14(13)20)9-18-19-15(21)10-3-5-17-6-4-10/h3-9,20H,2H2,1H3,(H,19,21)/b18-9-. The van der Waals surface area contributed by atoms with Crippen LogP contribution in [0.5, 0.6) is 11.5 Å². The second-order valence-electron chi connectivity index (χ2n) is 4.21. The van der Waals surface area contributed by atoms with Crippen molar-refractivity contribution in [2.75, 3.05) is 6.61 Å². The van der Waals surface area contributed by atoms with Gasteiger partial charge < -0.3 is 9.84 Å². The van der Waals surface area contributed by atoms with Crippen molar-refractivity contribution in [3.8, 4) is 11.5 Å². The number of nitrogens with one attached hydrogen (secondary N) is 1. The summed E-state index contributed by atoms with van der Waals surface area (Å²) in [4.78, 5) is 15.6. The van der Waals surface area contributed by atoms with E-state index in [0.29, 0.717) is 22.8 Å². The topological polar surface area (TPSA) is 83.8 Å². The predicted molar refractivity (Wildman–Crippen MR) is 83.6 cm³/mol. The molecule has 0 aliphatic heterocycles. The molecule has 0 radical (unpaired) electrons. The number of phenols is 1. The number of phenolic OH excluding ortho intramolecular Hbond substituents is 1. The monoisotopic (exact) mass is 319 g/mol. The number of ether oxygens (including phenoxy) is 1. The summed E-state index contributed by atoms with van der Waals surface area (Å²) in [5.41, 5.74) is 3.12. The lowest BCUT2D eigenvalue weighted by molar-refractivity contribution is 0.0955. The van der Waals surface area contributed by atoms with Crippen LogP contribution in [0.1, 0.15) is 22.8 Å². The van der Waals surface area contributed by atoms with Crippen LogP contribution in [0.25, 0.3) is 0 Å². The molecule has 2 aromatic rings. The smallest absolute Gasteiger partial charge is 0.271 e. The number of pyridine rings is 1. The van der Waals surface area contributed by atoms with E-state index in [0.717, 1.165) is 0 Å². The second kappa shape index (κ2) is 7.42. The third-order valence-electron chi connectivity index (χ3n) is 2.68. The summed E-state index contributed by atoms with van der Waals surface area (Å²) in [6.45, 7) is 2.19. The highest BCUT2D eigenvalue weighted by atomic mass is 35.5. The summed E-state index contributed by atoms with van der Waals surface area (Å²) in [6.07, 6.45) is 4.31. The number of aromatic nitrogens is 1. The van der Waals surface area contributed by atoms with Gasteiger partial charge >= 0.3 is 0 Å². The number of amides is 1. The fraction of sp³-hybridized carbons (Fsp3) is 0.133. The Kier molecular flexibility index (Phi) is 5.32. The van der Waals surface area contributed by atoms with Crippen LogP contribution in [-0.4, -0.2) is 28.8 Å². The number of hydrogen-bond donors (Lipinski definition) is 2. The molecule has 1 aromatic heterocycles. The zero-order valence-corrected chi connectivity index (χ0v) is 12.5. The summed E-state index contributed by atoms with van der Waals surface area (Å²) in [6, 6.07) is 6.15. The fourth-order valence-corrected chi connectivity index (χ4v) is 1.90. The molecular formula is C15H14ClN3O3. The van der Waals surface area contributed by atoms with Crippen LogP contribution in [0.3, 0.4) is 0 Å². The number of carbonyl (C=O) groups excluding carboxylic acids is 1. The van der Waals surface area contributed by atoms with Crippen LogP contribution in [0.4, 0.5) is 0 Å². The van der Waals surface area contributed by atoms with Crippen molar-refractivity contribution < 1.29 is 14.6 Å². The van der Waals surface area contributed by atoms with Crippen molar-refractivity contribution in [3.63, 3.8) is 0 Å². The van der Waals surface area contributed by atoms with E-state index in [4.69, 9.17) is 16.3 Å². The molecule has 22 heavy (non-hydrogen) atoms. The number of hydrazone groups is 1. The SMILES string of the molecule is CCOc1cc(Cl)cc(/C=N\NC(=O)c2ccncc2)c1O. The van der Waals surface area contributed by atoms with Crippen LogP contribution < -0.4 is 10.2 Å². The van der Waals surface area contributed by atoms with Gasteiger partial charge in [0.2, 0.25) is 0 Å². The van der Waals surface area contributed by atoms with E-state index in [2.05, 4.69) is 15.5 Å². The predicted octanol–water partition coefficient (Wildman–Crippen LogP) is 2.60. The van der Waals surface area contributed by atoms with Gasteiger partial charge in [0.25, 0.3) is 5.91 Å². The third kappa shape index (κ3) is 3.95. The van der Waals surface area contributed by atoms with Gasteiger partial charge in [-0.15, -0.1) is 0 Å². The normalized spacial score (nSPS) is 10.6. The van der Waals surface area contributed by atoms with E-state index in [1.165, 1.54) is 30.7 Å². The molecule has 2 rings (SSSR count). The van der Waals surface area contributed by atoms with E-state index in [1.54, 1.807) is 19.1 Å². The second-order valence-corrected chi connectivity index (χ2v) is 4.65. The Balaban J connectivity index is 2.12. The van der Waals surface area contributed by atoms with Crippen LogP contribution >= 0.6 is 11.6 Å². The molecule has 114 valence electrons. The molecule has 0 saturated heterocycles. The third-order valence-corrected chi connectivity index (χ3v) is 2.90. The number of rotatable bonds is 5. The molecule has 7 heteroatoms. The van der Waals surface area contributed by atoms with Crippen LogP contribution in [0.15, 0.2) is 41.8 Å². The number of aromatic hydroxyl groups is 1. The highest BCUT2D eigenvalue weighted by molar-refractivity contribution is 6.31. The van der Waals surface area contributed by atoms with Crippen molar-refractivity contribution in [3.05, 3.63) is 52.8 Å². The Morgan fingerprint density at radius 2 is 2.18 bits per heavy atom. The van der Waals surface area contributed by atoms with Gasteiger partial charge in [-0.1, -0.05) is 11.6 Å². The number of hydrogen-bond acceptors (Lipinski definition) is 5. The Morgan fingerprint density at radius 1 is 1.45 bits per heavy atom. The molecule has 0 bridgehead atoms. The Bertz CT molecular complexity index is 690. The Labute approximate surface area is 132 Å². The van der Waals surface area contributed by atoms with E-state index in [-0.39, 0.29) is 17.4 Å². The molecule has 0 atom stereocenters. The molecule has 0 saturated carbocycles. The maximum atomic E-state index is 11.8. The first-order chi connectivity index (χ1) is 10.6. The Morgan fingerprint density at radius 3 is 2.86 bits per heavy atom. The van der Waals surface area contributed by atoms with Gasteiger partial charge in [0.05, 0.1) is 12.8 Å². The van der Waals surface area contributed by atoms with E-state index in [9.17, 15) is 9.90 Å². The zero-order chi connectivity index (χ0) is 15.9. The number of halogens is 1. The molecular weight excluding hydrogens is 306 g/mol. The maximum Gasteiger partial charge on any atom is 0.271 e. The van der Waals surface area contributed by atoms with Gasteiger partial charge in [0.15, 0.2) is 11.5 Å². The lowest BCUT2D eigenvalue weighted by atomic mass is 10.2. The minimum absolute atomic E-state index is 0.0897. The molecule has 0 unspecified atom stereocenters. The first kappa shape index (κ1) is 15.8. The minimum atomic E-state index is -0.384. The van der Waals surface area contributed by atoms with Crippen molar-refractivity contribution in [2.24, 2.45) is 5.10 Å². The molecule has 2 N–H and O–H groups in total. The number of nitrogens with zero attached hydrogens (tertiary/aromatic N) is 2. The molecule has 0 spiro atoms. The van der Waals surface area contributed by atoms with E-state index >= 15 is 0 Å². The lowest BCUT2D eigenvalue weighted by Gasteiger charge is -2.08. The molecule has 0 aliphatic carbocycles. The van der Waals surface area contributed by atoms with Crippen LogP contribution in [-0.2, 0) is 0 Å². The minimum Gasteiger partial charge on any atom is -0.504 e. The Hall–Kier alpha value is -2.60. The quantitative estimate of drug-likeness (QED) is 0.655. The molecule has 0 aliphatic rings. The average Bonchev–Trinajstić information content (AvgIpc) is 2.52. The van der Waals surface area contributed by atoms with Crippen LogP contribution in [0, 0.1) is 0 Å². The van der Waals surface area contributed by atoms with Crippen molar-refractivity contribution >= 4 is 23.7 Å². The summed E-state index contributed by atoms with van der Waals surface area (Å²) in [5, 5.41) is 14.2. The van der Waals surface area contributed by atoms with Crippen LogP contribution in [0.2, 0.25) is 5.02 Å². The first-order valence-electron chi connectivity index (χ1n) is 6.50. The molecule has 0 fully saturated rings. The summed E-state index contributed by atoms with van der Waals surface area (Å²) < 4.78 is 5.26. The van der Waals surface area contributed by atoms with Gasteiger partial charge in [-0.2, -0.15) is 5.10 Å². The van der Waals surface area contributed by atoms with Gasteiger partial charge in [0.1, 0.15) is 0 Å².